The van der Waals surface area contributed by atoms with Crippen LogP contribution in [0.2, 0.25) is 0 Å². The fraction of sp³-hybridized carbons (Fsp3) is 0.571. The van der Waals surface area contributed by atoms with Crippen LogP contribution in [0.1, 0.15) is 37.7 Å². The van der Waals surface area contributed by atoms with Gasteiger partial charge in [-0.25, -0.2) is 0 Å². The number of nitro groups is 1. The molecule has 0 amide bonds. The lowest BCUT2D eigenvalue weighted by Crippen LogP contribution is -2.38. The Morgan fingerprint density at radius 3 is 2.68 bits per heavy atom. The Morgan fingerprint density at radius 1 is 1.37 bits per heavy atom. The number of aliphatic hydroxyl groups is 1. The van der Waals surface area contributed by atoms with Crippen LogP contribution in [-0.2, 0) is 0 Å². The fourth-order valence-electron chi connectivity index (χ4n) is 2.42. The van der Waals surface area contributed by atoms with Crippen LogP contribution in [0.3, 0.4) is 0 Å². The summed E-state index contributed by atoms with van der Waals surface area (Å²) in [6.07, 6.45) is 4.64. The summed E-state index contributed by atoms with van der Waals surface area (Å²) in [5, 5.41) is 21.1. The second-order valence-electron chi connectivity index (χ2n) is 5.28. The molecule has 5 nitrogen and oxygen atoms in total. The topological polar surface area (TPSA) is 72.6 Å². The second-order valence-corrected chi connectivity index (χ2v) is 5.28. The molecule has 0 bridgehead atoms. The van der Waals surface area contributed by atoms with Crippen LogP contribution < -0.4 is 4.74 Å². The van der Waals surface area contributed by atoms with E-state index >= 15 is 0 Å². The predicted molar refractivity (Wildman–Crippen MR) is 71.4 cm³/mol. The van der Waals surface area contributed by atoms with Crippen LogP contribution in [0, 0.1) is 17.0 Å². The molecule has 0 unspecified atom stereocenters. The van der Waals surface area contributed by atoms with Gasteiger partial charge in [0, 0.05) is 6.07 Å². The van der Waals surface area contributed by atoms with Crippen LogP contribution in [0.25, 0.3) is 0 Å². The molecule has 0 spiro atoms. The molecular formula is C14H19NO4. The van der Waals surface area contributed by atoms with E-state index in [0.29, 0.717) is 5.75 Å². The summed E-state index contributed by atoms with van der Waals surface area (Å²) in [6.45, 7) is 2.04. The van der Waals surface area contributed by atoms with Crippen molar-refractivity contribution in [3.63, 3.8) is 0 Å². The Hall–Kier alpha value is -1.62. The number of non-ortho nitro benzene ring substituents is 1. The maximum atomic E-state index is 10.7. The SMILES string of the molecule is Cc1ccc([N+](=O)[O-])cc1OCC1(O)CCCCC1. The van der Waals surface area contributed by atoms with E-state index in [1.807, 2.05) is 6.92 Å². The van der Waals surface area contributed by atoms with Gasteiger partial charge in [0.25, 0.3) is 5.69 Å². The van der Waals surface area contributed by atoms with Gasteiger partial charge in [-0.3, -0.25) is 10.1 Å². The first kappa shape index (κ1) is 13.8. The Kier molecular flexibility index (Phi) is 4.04. The van der Waals surface area contributed by atoms with Crippen LogP contribution in [0.5, 0.6) is 5.75 Å². The molecule has 1 aliphatic carbocycles. The van der Waals surface area contributed by atoms with E-state index in [1.54, 1.807) is 6.07 Å². The first-order valence-electron chi connectivity index (χ1n) is 6.60. The maximum absolute atomic E-state index is 10.7. The van der Waals surface area contributed by atoms with E-state index in [-0.39, 0.29) is 12.3 Å². The van der Waals surface area contributed by atoms with Gasteiger partial charge in [-0.1, -0.05) is 19.3 Å². The van der Waals surface area contributed by atoms with Crippen molar-refractivity contribution in [2.75, 3.05) is 6.61 Å². The number of hydrogen-bond donors (Lipinski definition) is 1. The number of aryl methyl sites for hydroxylation is 1. The van der Waals surface area contributed by atoms with Crippen molar-refractivity contribution in [2.24, 2.45) is 0 Å². The van der Waals surface area contributed by atoms with Crippen LogP contribution in [0.4, 0.5) is 5.69 Å². The summed E-state index contributed by atoms with van der Waals surface area (Å²) in [6, 6.07) is 4.54. The van der Waals surface area contributed by atoms with Gasteiger partial charge in [-0.2, -0.15) is 0 Å². The molecule has 0 aliphatic heterocycles. The van der Waals surface area contributed by atoms with E-state index in [1.165, 1.54) is 12.1 Å². The molecule has 0 atom stereocenters. The monoisotopic (exact) mass is 265 g/mol. The normalized spacial score (nSPS) is 18.0. The molecule has 0 heterocycles. The van der Waals surface area contributed by atoms with E-state index in [4.69, 9.17) is 4.74 Å². The smallest absolute Gasteiger partial charge is 0.273 e. The van der Waals surface area contributed by atoms with Gasteiger partial charge in [-0.05, 0) is 31.4 Å². The molecule has 1 aromatic carbocycles. The molecule has 1 fully saturated rings. The molecule has 0 radical (unpaired) electrons. The third-order valence-corrected chi connectivity index (χ3v) is 3.66. The molecule has 5 heteroatoms. The molecule has 0 aromatic heterocycles. The number of benzene rings is 1. The fourth-order valence-corrected chi connectivity index (χ4v) is 2.42. The standard InChI is InChI=1S/C14H19NO4/c1-11-5-6-12(15(17)18)9-13(11)19-10-14(16)7-3-2-4-8-14/h5-6,9,16H,2-4,7-8,10H2,1H3. The summed E-state index contributed by atoms with van der Waals surface area (Å²) >= 11 is 0. The minimum atomic E-state index is -0.782. The average Bonchev–Trinajstić information content (AvgIpc) is 2.38. The van der Waals surface area contributed by atoms with Crippen LogP contribution in [-0.4, -0.2) is 22.2 Å². The summed E-state index contributed by atoms with van der Waals surface area (Å²) in [4.78, 5) is 10.3. The van der Waals surface area contributed by atoms with Gasteiger partial charge in [0.05, 0.1) is 16.6 Å². The van der Waals surface area contributed by atoms with Gasteiger partial charge < -0.3 is 9.84 Å². The zero-order valence-corrected chi connectivity index (χ0v) is 11.1. The molecule has 0 saturated heterocycles. The molecule has 1 aliphatic rings. The van der Waals surface area contributed by atoms with Crippen LogP contribution in [0.15, 0.2) is 18.2 Å². The summed E-state index contributed by atoms with van der Waals surface area (Å²) < 4.78 is 5.62. The highest BCUT2D eigenvalue weighted by atomic mass is 16.6. The van der Waals surface area contributed by atoms with Crippen molar-refractivity contribution in [2.45, 2.75) is 44.6 Å². The van der Waals surface area contributed by atoms with Gasteiger partial charge >= 0.3 is 0 Å². The summed E-state index contributed by atoms with van der Waals surface area (Å²) in [7, 11) is 0. The highest BCUT2D eigenvalue weighted by Gasteiger charge is 2.30. The van der Waals surface area contributed by atoms with Crippen LogP contribution >= 0.6 is 0 Å². The molecule has 104 valence electrons. The Bertz CT molecular complexity index is 467. The lowest BCUT2D eigenvalue weighted by molar-refractivity contribution is -0.385. The summed E-state index contributed by atoms with van der Waals surface area (Å²) in [5.74, 6) is 0.480. The van der Waals surface area contributed by atoms with Crippen molar-refractivity contribution < 1.29 is 14.8 Å². The first-order chi connectivity index (χ1) is 9.00. The van der Waals surface area contributed by atoms with Crippen molar-refractivity contribution in [3.05, 3.63) is 33.9 Å². The predicted octanol–water partition coefficient (Wildman–Crippen LogP) is 2.98. The minimum Gasteiger partial charge on any atom is -0.490 e. The number of nitrogens with zero attached hydrogens (tertiary/aromatic N) is 1. The van der Waals surface area contributed by atoms with Gasteiger partial charge in [0.15, 0.2) is 0 Å². The lowest BCUT2D eigenvalue weighted by Gasteiger charge is -2.31. The number of nitro benzene ring substituents is 1. The Labute approximate surface area is 112 Å². The number of hydrogen-bond acceptors (Lipinski definition) is 4. The Balaban J connectivity index is 2.06. The zero-order valence-electron chi connectivity index (χ0n) is 11.1. The molecule has 1 N–H and O–H groups in total. The Morgan fingerprint density at radius 2 is 2.05 bits per heavy atom. The van der Waals surface area contributed by atoms with Crippen molar-refractivity contribution >= 4 is 5.69 Å². The molecule has 1 saturated carbocycles. The first-order valence-corrected chi connectivity index (χ1v) is 6.60. The van der Waals surface area contributed by atoms with Crippen molar-refractivity contribution in [1.82, 2.24) is 0 Å². The van der Waals surface area contributed by atoms with E-state index in [9.17, 15) is 15.2 Å². The van der Waals surface area contributed by atoms with E-state index < -0.39 is 10.5 Å². The van der Waals surface area contributed by atoms with E-state index in [2.05, 4.69) is 0 Å². The van der Waals surface area contributed by atoms with Crippen molar-refractivity contribution in [3.8, 4) is 5.75 Å². The van der Waals surface area contributed by atoms with E-state index in [0.717, 1.165) is 37.7 Å². The minimum absolute atomic E-state index is 0.0104. The highest BCUT2D eigenvalue weighted by Crippen LogP contribution is 2.30. The van der Waals surface area contributed by atoms with Crippen molar-refractivity contribution in [1.29, 1.82) is 0 Å². The molecule has 19 heavy (non-hydrogen) atoms. The lowest BCUT2D eigenvalue weighted by atomic mass is 9.85. The number of rotatable bonds is 4. The third-order valence-electron chi connectivity index (χ3n) is 3.66. The highest BCUT2D eigenvalue weighted by molar-refractivity contribution is 5.43. The third kappa shape index (κ3) is 3.44. The average molecular weight is 265 g/mol. The summed E-state index contributed by atoms with van der Waals surface area (Å²) in [5.41, 5.74) is 0.0659. The van der Waals surface area contributed by atoms with Gasteiger partial charge in [0.2, 0.25) is 0 Å². The zero-order chi connectivity index (χ0) is 13.9. The molecule has 1 aromatic rings. The largest absolute Gasteiger partial charge is 0.490 e. The second kappa shape index (κ2) is 5.57. The molecule has 2 rings (SSSR count). The molecular weight excluding hydrogens is 246 g/mol. The maximum Gasteiger partial charge on any atom is 0.273 e. The number of ether oxygens (including phenoxy) is 1. The quantitative estimate of drug-likeness (QED) is 0.671. The van der Waals surface area contributed by atoms with Gasteiger partial charge in [-0.15, -0.1) is 0 Å². The van der Waals surface area contributed by atoms with Gasteiger partial charge in [0.1, 0.15) is 12.4 Å².